The number of nitrogens with one attached hydrogen (secondary N) is 2. The van der Waals surface area contributed by atoms with Gasteiger partial charge in [0.25, 0.3) is 11.4 Å². The lowest BCUT2D eigenvalue weighted by Gasteiger charge is -2.18. The van der Waals surface area contributed by atoms with Crippen molar-refractivity contribution in [2.75, 3.05) is 5.32 Å². The van der Waals surface area contributed by atoms with Crippen LogP contribution in [0.5, 0.6) is 0 Å². The number of oxazole rings is 1. The number of carboxylic acid groups (broad SMARTS) is 1. The number of hydrogen-bond acceptors (Lipinski definition) is 7. The van der Waals surface area contributed by atoms with Crippen molar-refractivity contribution in [3.63, 3.8) is 0 Å². The van der Waals surface area contributed by atoms with Gasteiger partial charge in [-0.25, -0.2) is 4.98 Å². The number of aliphatic carboxylic acids is 1. The monoisotopic (exact) mass is 700 g/mol. The Morgan fingerprint density at radius 3 is 2.14 bits per heavy atom. The molecule has 5 rings (SSSR count). The number of pyridine rings is 1. The molecule has 0 aliphatic heterocycles. The van der Waals surface area contributed by atoms with Crippen molar-refractivity contribution in [3.8, 4) is 11.3 Å². The second kappa shape index (κ2) is 16.1. The molecule has 2 aromatic heterocycles. The predicted molar refractivity (Wildman–Crippen MR) is 184 cm³/mol. The number of anilines is 1. The van der Waals surface area contributed by atoms with Gasteiger partial charge < -0.3 is 24.7 Å². The zero-order valence-electron chi connectivity index (χ0n) is 25.9. The molecule has 49 heavy (non-hydrogen) atoms. The van der Waals surface area contributed by atoms with E-state index in [1.54, 1.807) is 24.3 Å². The molecule has 3 N–H and O–H groups in total. The Balaban J connectivity index is 1.37. The standard InChI is InChI=1S/C36H30Cl2N4O7/c37-25-12-7-13-26(38)33(25)29-20-39-35(49-29)34(47)28(19-32(45)46)41-31(44)21-42-24(18-23-10-5-2-6-11-23)15-16-27(36(42)48)40-30(43)17-14-22-8-3-1-4-9-22/h1-13,15-16,20,28H,14,17-19,21H2,(H,40,43)(H,41,44)(H,45,46). The number of halogens is 2. The van der Waals surface area contributed by atoms with E-state index in [0.717, 1.165) is 11.1 Å². The van der Waals surface area contributed by atoms with Gasteiger partial charge >= 0.3 is 5.97 Å². The van der Waals surface area contributed by atoms with Crippen molar-refractivity contribution < 1.29 is 28.7 Å². The molecular formula is C36H30Cl2N4O7. The second-order valence-electron chi connectivity index (χ2n) is 11.0. The van der Waals surface area contributed by atoms with E-state index >= 15 is 0 Å². The number of ketones is 1. The number of rotatable bonds is 14. The summed E-state index contributed by atoms with van der Waals surface area (Å²) in [5.41, 5.74) is 1.87. The number of aromatic nitrogens is 2. The minimum atomic E-state index is -1.59. The highest BCUT2D eigenvalue weighted by Crippen LogP contribution is 2.35. The molecule has 2 heterocycles. The SMILES string of the molecule is O=C(O)CC(NC(=O)Cn1c(Cc2ccccc2)ccc(NC(=O)CCc2ccccc2)c1=O)C(=O)c1ncc(-c2c(Cl)cccc2Cl)o1. The summed E-state index contributed by atoms with van der Waals surface area (Å²) in [4.78, 5) is 69.0. The van der Waals surface area contributed by atoms with Crippen LogP contribution in [0.4, 0.5) is 5.69 Å². The lowest BCUT2D eigenvalue weighted by atomic mass is 10.1. The maximum atomic E-state index is 13.7. The van der Waals surface area contributed by atoms with Gasteiger partial charge in [-0.2, -0.15) is 0 Å². The van der Waals surface area contributed by atoms with E-state index in [9.17, 15) is 29.1 Å². The molecular weight excluding hydrogens is 671 g/mol. The summed E-state index contributed by atoms with van der Waals surface area (Å²) in [6.07, 6.45) is 1.28. The van der Waals surface area contributed by atoms with Crippen LogP contribution < -0.4 is 16.2 Å². The van der Waals surface area contributed by atoms with Crippen molar-refractivity contribution >= 4 is 52.5 Å². The van der Waals surface area contributed by atoms with Gasteiger partial charge in [0, 0.05) is 18.5 Å². The quantitative estimate of drug-likeness (QED) is 0.122. The number of nitrogens with zero attached hydrogens (tertiary/aromatic N) is 2. The van der Waals surface area contributed by atoms with Gasteiger partial charge in [0.15, 0.2) is 5.76 Å². The first-order chi connectivity index (χ1) is 23.6. The van der Waals surface area contributed by atoms with E-state index in [-0.39, 0.29) is 45.8 Å². The van der Waals surface area contributed by atoms with Crippen molar-refractivity contribution in [3.05, 3.63) is 140 Å². The Morgan fingerprint density at radius 2 is 1.49 bits per heavy atom. The van der Waals surface area contributed by atoms with Gasteiger partial charge in [-0.15, -0.1) is 0 Å². The molecule has 0 aliphatic rings. The molecule has 250 valence electrons. The third kappa shape index (κ3) is 9.10. The van der Waals surface area contributed by atoms with E-state index in [1.165, 1.54) is 16.8 Å². The third-order valence-electron chi connectivity index (χ3n) is 7.51. The number of hydrogen-bond donors (Lipinski definition) is 3. The van der Waals surface area contributed by atoms with Crippen LogP contribution in [-0.2, 0) is 33.8 Å². The average Bonchev–Trinajstić information content (AvgIpc) is 3.56. The first-order valence-corrected chi connectivity index (χ1v) is 15.9. The summed E-state index contributed by atoms with van der Waals surface area (Å²) >= 11 is 12.5. The third-order valence-corrected chi connectivity index (χ3v) is 8.14. The van der Waals surface area contributed by atoms with Crippen LogP contribution in [0, 0.1) is 0 Å². The molecule has 13 heteroatoms. The summed E-state index contributed by atoms with van der Waals surface area (Å²) < 4.78 is 6.77. The zero-order valence-corrected chi connectivity index (χ0v) is 27.4. The van der Waals surface area contributed by atoms with Gasteiger partial charge in [0.2, 0.25) is 17.6 Å². The van der Waals surface area contributed by atoms with Gasteiger partial charge in [-0.05, 0) is 41.8 Å². The van der Waals surface area contributed by atoms with Gasteiger partial charge in [0.1, 0.15) is 18.3 Å². The molecule has 3 aromatic carbocycles. The minimum absolute atomic E-state index is 0.0358. The normalized spacial score (nSPS) is 11.5. The van der Waals surface area contributed by atoms with Crippen molar-refractivity contribution in [2.45, 2.75) is 38.3 Å². The summed E-state index contributed by atoms with van der Waals surface area (Å²) in [5.74, 6) is -3.91. The van der Waals surface area contributed by atoms with E-state index in [2.05, 4.69) is 15.6 Å². The first kappa shape index (κ1) is 34.8. The molecule has 0 spiro atoms. The zero-order chi connectivity index (χ0) is 34.9. The van der Waals surface area contributed by atoms with E-state index in [0.29, 0.717) is 12.1 Å². The lowest BCUT2D eigenvalue weighted by molar-refractivity contribution is -0.137. The van der Waals surface area contributed by atoms with Gasteiger partial charge in [-0.3, -0.25) is 24.0 Å². The van der Waals surface area contributed by atoms with Crippen LogP contribution >= 0.6 is 23.2 Å². The Morgan fingerprint density at radius 1 is 0.837 bits per heavy atom. The maximum absolute atomic E-state index is 13.7. The molecule has 0 fully saturated rings. The summed E-state index contributed by atoms with van der Waals surface area (Å²) in [7, 11) is 0. The Labute approximate surface area is 290 Å². The molecule has 0 radical (unpaired) electrons. The summed E-state index contributed by atoms with van der Waals surface area (Å²) in [6, 6.07) is 24.9. The van der Waals surface area contributed by atoms with E-state index < -0.39 is 48.1 Å². The topological polar surface area (TPSA) is 161 Å². The number of aryl methyl sites for hydroxylation is 1. The number of amides is 2. The molecule has 1 unspecified atom stereocenters. The van der Waals surface area contributed by atoms with Crippen LogP contribution in [0.25, 0.3) is 11.3 Å². The van der Waals surface area contributed by atoms with Crippen molar-refractivity contribution in [1.82, 2.24) is 14.9 Å². The Hall–Kier alpha value is -5.52. The molecule has 1 atom stereocenters. The fraction of sp³-hybridized carbons (Fsp3) is 0.167. The maximum Gasteiger partial charge on any atom is 0.305 e. The summed E-state index contributed by atoms with van der Waals surface area (Å²) in [6.45, 7) is -0.579. The molecule has 0 saturated carbocycles. The molecule has 0 aliphatic carbocycles. The average molecular weight is 702 g/mol. The van der Waals surface area contributed by atoms with Crippen molar-refractivity contribution in [1.29, 1.82) is 0 Å². The molecule has 11 nitrogen and oxygen atoms in total. The number of carbonyl (C=O) groups excluding carboxylic acids is 3. The fourth-order valence-electron chi connectivity index (χ4n) is 5.11. The first-order valence-electron chi connectivity index (χ1n) is 15.1. The summed E-state index contributed by atoms with van der Waals surface area (Å²) in [5, 5.41) is 15.1. The highest BCUT2D eigenvalue weighted by Gasteiger charge is 2.29. The van der Waals surface area contributed by atoms with E-state index in [4.69, 9.17) is 27.6 Å². The number of Topliss-reactive ketones (excluding diaryl/α,β-unsaturated/α-hetero) is 1. The largest absolute Gasteiger partial charge is 0.481 e. The van der Waals surface area contributed by atoms with Crippen LogP contribution in [-0.4, -0.2) is 44.3 Å². The van der Waals surface area contributed by atoms with Crippen LogP contribution in [0.2, 0.25) is 10.0 Å². The predicted octanol–water partition coefficient (Wildman–Crippen LogP) is 5.81. The van der Waals surface area contributed by atoms with Crippen molar-refractivity contribution in [2.24, 2.45) is 0 Å². The highest BCUT2D eigenvalue weighted by molar-refractivity contribution is 6.39. The van der Waals surface area contributed by atoms with Gasteiger partial charge in [-0.1, -0.05) is 89.9 Å². The van der Waals surface area contributed by atoms with Crippen LogP contribution in [0.1, 0.15) is 40.3 Å². The molecule has 2 amide bonds. The molecule has 0 bridgehead atoms. The Kier molecular flexibility index (Phi) is 11.4. The smallest absolute Gasteiger partial charge is 0.305 e. The van der Waals surface area contributed by atoms with Gasteiger partial charge in [0.05, 0.1) is 28.2 Å². The second-order valence-corrected chi connectivity index (χ2v) is 11.8. The number of benzene rings is 3. The lowest BCUT2D eigenvalue weighted by Crippen LogP contribution is -2.45. The minimum Gasteiger partial charge on any atom is -0.481 e. The highest BCUT2D eigenvalue weighted by atomic mass is 35.5. The molecule has 0 saturated heterocycles. The van der Waals surface area contributed by atoms with Crippen LogP contribution in [0.3, 0.4) is 0 Å². The van der Waals surface area contributed by atoms with Crippen LogP contribution in [0.15, 0.2) is 106 Å². The fourth-order valence-corrected chi connectivity index (χ4v) is 5.70. The number of carboxylic acids is 1. The molecule has 5 aromatic rings. The Bertz CT molecular complexity index is 2030. The van der Waals surface area contributed by atoms with E-state index in [1.807, 2.05) is 60.7 Å². The number of carbonyl (C=O) groups is 4.